The second kappa shape index (κ2) is 5.16. The second-order valence-electron chi connectivity index (χ2n) is 5.58. The molecule has 1 N–H and O–H groups in total. The summed E-state index contributed by atoms with van der Waals surface area (Å²) in [5.41, 5.74) is 0.0820. The normalized spacial score (nSPS) is 17.1. The van der Waals surface area contributed by atoms with Crippen molar-refractivity contribution in [2.45, 2.75) is 44.8 Å². The van der Waals surface area contributed by atoms with E-state index in [4.69, 9.17) is 0 Å². The first-order valence-electron chi connectivity index (χ1n) is 6.99. The molecule has 2 aromatic rings. The quantitative estimate of drug-likeness (QED) is 0.921. The van der Waals surface area contributed by atoms with Crippen molar-refractivity contribution in [2.24, 2.45) is 5.92 Å². The molecule has 1 fully saturated rings. The molecule has 21 heavy (non-hydrogen) atoms. The summed E-state index contributed by atoms with van der Waals surface area (Å²) in [4.78, 5) is 0. The number of rotatable bonds is 5. The number of nitrogens with zero attached hydrogens (tertiary/aromatic N) is 4. The first kappa shape index (κ1) is 14.1. The average Bonchev–Trinajstić information content (AvgIpc) is 3.13. The van der Waals surface area contributed by atoms with Gasteiger partial charge in [-0.1, -0.05) is 12.8 Å². The van der Waals surface area contributed by atoms with Crippen LogP contribution in [0.4, 0.5) is 19.0 Å². The minimum atomic E-state index is -4.57. The smallest absolute Gasteiger partial charge is 0.366 e. The predicted molar refractivity (Wildman–Crippen MR) is 70.8 cm³/mol. The molecule has 0 saturated heterocycles. The number of nitrogens with one attached hydrogen (secondary N) is 1. The van der Waals surface area contributed by atoms with Gasteiger partial charge in [-0.05, 0) is 37.8 Å². The third-order valence-electron chi connectivity index (χ3n) is 3.62. The van der Waals surface area contributed by atoms with Gasteiger partial charge in [-0.3, -0.25) is 0 Å². The highest BCUT2D eigenvalue weighted by molar-refractivity contribution is 5.44. The fourth-order valence-corrected chi connectivity index (χ4v) is 2.26. The molecule has 2 heterocycles. The molecule has 1 aliphatic carbocycles. The molecule has 0 spiro atoms. The van der Waals surface area contributed by atoms with Crippen molar-refractivity contribution in [3.05, 3.63) is 18.0 Å². The molecule has 0 aliphatic heterocycles. The molecule has 3 rings (SSSR count). The van der Waals surface area contributed by atoms with E-state index in [-0.39, 0.29) is 11.7 Å². The summed E-state index contributed by atoms with van der Waals surface area (Å²) in [5, 5.41) is 13.7. The van der Waals surface area contributed by atoms with E-state index in [1.807, 2.05) is 6.92 Å². The van der Waals surface area contributed by atoms with Crippen molar-refractivity contribution < 1.29 is 13.2 Å². The Hall–Kier alpha value is -1.86. The number of alkyl halides is 3. The van der Waals surface area contributed by atoms with Crippen LogP contribution in [-0.2, 0) is 6.18 Å². The van der Waals surface area contributed by atoms with Crippen LogP contribution in [-0.4, -0.2) is 25.9 Å². The van der Waals surface area contributed by atoms with Crippen LogP contribution in [0.1, 0.15) is 38.4 Å². The highest BCUT2D eigenvalue weighted by Gasteiger charge is 2.37. The van der Waals surface area contributed by atoms with E-state index in [0.717, 1.165) is 23.3 Å². The first-order valence-corrected chi connectivity index (χ1v) is 6.99. The molecule has 1 unspecified atom stereocenters. The Morgan fingerprint density at radius 2 is 2.10 bits per heavy atom. The highest BCUT2D eigenvalue weighted by Crippen LogP contribution is 2.34. The fourth-order valence-electron chi connectivity index (χ4n) is 2.26. The Labute approximate surface area is 119 Å². The number of hydrogen-bond donors (Lipinski definition) is 1. The molecule has 1 aliphatic rings. The number of halogens is 3. The Balaban J connectivity index is 1.75. The van der Waals surface area contributed by atoms with Crippen LogP contribution in [0.5, 0.6) is 0 Å². The maximum atomic E-state index is 12.8. The molecular formula is C13H16F3N5. The Bertz CT molecular complexity index is 632. The van der Waals surface area contributed by atoms with Crippen LogP contribution in [0.3, 0.4) is 0 Å². The highest BCUT2D eigenvalue weighted by atomic mass is 19.4. The molecular weight excluding hydrogens is 283 g/mol. The number of aromatic nitrogens is 4. The van der Waals surface area contributed by atoms with Crippen LogP contribution < -0.4 is 5.32 Å². The Kier molecular flexibility index (Phi) is 3.46. The third-order valence-corrected chi connectivity index (χ3v) is 3.62. The van der Waals surface area contributed by atoms with E-state index in [1.54, 1.807) is 6.07 Å². The number of fused-ring (bicyclic) bond motifs is 1. The SMILES string of the molecule is CC(CCC1CC1)Nc1ccc2nnc(C(F)(F)F)n2n1. The molecule has 8 heteroatoms. The number of hydrogen-bond acceptors (Lipinski definition) is 4. The molecule has 1 saturated carbocycles. The topological polar surface area (TPSA) is 55.1 Å². The minimum Gasteiger partial charge on any atom is -0.366 e. The lowest BCUT2D eigenvalue weighted by atomic mass is 10.1. The largest absolute Gasteiger partial charge is 0.453 e. The van der Waals surface area contributed by atoms with Gasteiger partial charge in [0, 0.05) is 6.04 Å². The summed E-state index contributed by atoms with van der Waals surface area (Å²) in [6.07, 6.45) is 0.164. The zero-order chi connectivity index (χ0) is 15.0. The van der Waals surface area contributed by atoms with Crippen LogP contribution in [0, 0.1) is 5.92 Å². The summed E-state index contributed by atoms with van der Waals surface area (Å²) in [6, 6.07) is 3.27. The fraction of sp³-hybridized carbons (Fsp3) is 0.615. The maximum Gasteiger partial charge on any atom is 0.453 e. The standard InChI is InChI=1S/C13H16F3N5/c1-8(2-3-9-4-5-9)17-10-6-7-11-18-19-12(13(14,15)16)21(11)20-10/h6-9H,2-5H2,1H3,(H,17,20). The lowest BCUT2D eigenvalue weighted by molar-refractivity contribution is -0.146. The lowest BCUT2D eigenvalue weighted by Crippen LogP contribution is -2.18. The van der Waals surface area contributed by atoms with Crippen molar-refractivity contribution in [3.8, 4) is 0 Å². The third kappa shape index (κ3) is 3.25. The summed E-state index contributed by atoms with van der Waals surface area (Å²) in [6.45, 7) is 2.01. The van der Waals surface area contributed by atoms with Crippen LogP contribution in [0.25, 0.3) is 5.65 Å². The monoisotopic (exact) mass is 299 g/mol. The molecule has 5 nitrogen and oxygen atoms in total. The molecule has 0 amide bonds. The van der Waals surface area contributed by atoms with Crippen molar-refractivity contribution in [3.63, 3.8) is 0 Å². The van der Waals surface area contributed by atoms with Gasteiger partial charge in [0.05, 0.1) is 0 Å². The van der Waals surface area contributed by atoms with Crippen LogP contribution in [0.15, 0.2) is 12.1 Å². The zero-order valence-electron chi connectivity index (χ0n) is 11.6. The van der Waals surface area contributed by atoms with Gasteiger partial charge in [0.25, 0.3) is 5.82 Å². The summed E-state index contributed by atoms with van der Waals surface area (Å²) in [5.74, 6) is 0.127. The minimum absolute atomic E-state index is 0.0820. The van der Waals surface area contributed by atoms with E-state index < -0.39 is 12.0 Å². The van der Waals surface area contributed by atoms with Gasteiger partial charge < -0.3 is 5.32 Å². The number of anilines is 1. The van der Waals surface area contributed by atoms with E-state index >= 15 is 0 Å². The van der Waals surface area contributed by atoms with E-state index in [2.05, 4.69) is 20.6 Å². The van der Waals surface area contributed by atoms with Gasteiger partial charge in [-0.2, -0.15) is 17.7 Å². The molecule has 0 bridgehead atoms. The van der Waals surface area contributed by atoms with Gasteiger partial charge >= 0.3 is 6.18 Å². The molecule has 0 radical (unpaired) electrons. The van der Waals surface area contributed by atoms with Crippen LogP contribution in [0.2, 0.25) is 0 Å². The molecule has 1 atom stereocenters. The van der Waals surface area contributed by atoms with Gasteiger partial charge in [0.1, 0.15) is 5.82 Å². The van der Waals surface area contributed by atoms with Crippen molar-refractivity contribution in [1.82, 2.24) is 19.8 Å². The summed E-state index contributed by atoms with van der Waals surface area (Å²) < 4.78 is 39.1. The van der Waals surface area contributed by atoms with Crippen molar-refractivity contribution in [2.75, 3.05) is 5.32 Å². The Morgan fingerprint density at radius 3 is 2.76 bits per heavy atom. The summed E-state index contributed by atoms with van der Waals surface area (Å²) >= 11 is 0. The van der Waals surface area contributed by atoms with E-state index in [0.29, 0.717) is 5.82 Å². The van der Waals surface area contributed by atoms with E-state index in [9.17, 15) is 13.2 Å². The average molecular weight is 299 g/mol. The maximum absolute atomic E-state index is 12.8. The lowest BCUT2D eigenvalue weighted by Gasteiger charge is -2.14. The Morgan fingerprint density at radius 1 is 1.33 bits per heavy atom. The zero-order valence-corrected chi connectivity index (χ0v) is 11.6. The molecule has 114 valence electrons. The predicted octanol–water partition coefficient (Wildman–Crippen LogP) is 3.13. The van der Waals surface area contributed by atoms with Gasteiger partial charge in [-0.15, -0.1) is 15.3 Å². The summed E-state index contributed by atoms with van der Waals surface area (Å²) in [7, 11) is 0. The molecule has 2 aromatic heterocycles. The van der Waals surface area contributed by atoms with E-state index in [1.165, 1.54) is 18.9 Å². The molecule has 0 aromatic carbocycles. The van der Waals surface area contributed by atoms with Crippen molar-refractivity contribution >= 4 is 11.5 Å². The van der Waals surface area contributed by atoms with Gasteiger partial charge in [0.2, 0.25) is 0 Å². The van der Waals surface area contributed by atoms with Gasteiger partial charge in [-0.25, -0.2) is 0 Å². The van der Waals surface area contributed by atoms with Gasteiger partial charge in [0.15, 0.2) is 5.65 Å². The second-order valence-corrected chi connectivity index (χ2v) is 5.58. The van der Waals surface area contributed by atoms with Crippen LogP contribution >= 0.6 is 0 Å². The first-order chi connectivity index (χ1) is 9.93. The van der Waals surface area contributed by atoms with Crippen molar-refractivity contribution in [1.29, 1.82) is 0 Å².